The minimum absolute atomic E-state index is 0.130. The predicted octanol–water partition coefficient (Wildman–Crippen LogP) is 11.6. The molecule has 24 heteroatoms. The van der Waals surface area contributed by atoms with Gasteiger partial charge in [0.15, 0.2) is 69.8 Å². The lowest BCUT2D eigenvalue weighted by atomic mass is 9.12. The molecule has 0 bridgehead atoms. The van der Waals surface area contributed by atoms with Crippen LogP contribution in [0.5, 0.6) is 0 Å². The zero-order valence-electron chi connectivity index (χ0n) is 38.7. The molecular formula is C53H28BF20O2P. The van der Waals surface area contributed by atoms with Gasteiger partial charge in [-0.2, -0.15) is 0 Å². The highest BCUT2D eigenvalue weighted by atomic mass is 31.2. The molecule has 0 spiro atoms. The lowest BCUT2D eigenvalue weighted by Gasteiger charge is -2.44. The van der Waals surface area contributed by atoms with Crippen LogP contribution in [0.1, 0.15) is 29.8 Å². The molecule has 8 rings (SSSR count). The Morgan fingerprint density at radius 2 is 0.571 bits per heavy atom. The third-order valence-electron chi connectivity index (χ3n) is 12.3. The van der Waals surface area contributed by atoms with E-state index in [1.165, 1.54) is 21.5 Å². The van der Waals surface area contributed by atoms with Crippen molar-refractivity contribution in [2.45, 2.75) is 26.1 Å². The number of hydrogen-bond acceptors (Lipinski definition) is 2. The minimum Gasteiger partial charge on any atom is -0.459 e. The first-order valence-corrected chi connectivity index (χ1v) is 23.9. The van der Waals surface area contributed by atoms with E-state index in [0.29, 0.717) is 5.56 Å². The van der Waals surface area contributed by atoms with Crippen LogP contribution < -0.4 is 37.8 Å². The molecule has 0 aromatic heterocycles. The smallest absolute Gasteiger partial charge is 0.338 e. The van der Waals surface area contributed by atoms with Gasteiger partial charge in [0.05, 0.1) is 17.8 Å². The number of benzene rings is 8. The van der Waals surface area contributed by atoms with E-state index in [4.69, 9.17) is 4.74 Å². The highest BCUT2D eigenvalue weighted by molar-refractivity contribution is 7.95. The van der Waals surface area contributed by atoms with Crippen LogP contribution in [0, 0.1) is 116 Å². The second kappa shape index (κ2) is 22.1. The predicted molar refractivity (Wildman–Crippen MR) is 245 cm³/mol. The molecular weight excluding hydrogens is 1090 g/mol. The fraction of sp³-hybridized carbons (Fsp3) is 0.0755. The van der Waals surface area contributed by atoms with E-state index < -0.39 is 152 Å². The molecule has 0 radical (unpaired) electrons. The first kappa shape index (κ1) is 57.0. The van der Waals surface area contributed by atoms with Gasteiger partial charge in [-0.3, -0.25) is 0 Å². The van der Waals surface area contributed by atoms with Crippen molar-refractivity contribution in [1.29, 1.82) is 0 Å². The standard InChI is InChI=1S/C29H28O2P.C24BF20/c1-23(2)31-29(30)25-20-18-24(19-21-25)22-32(26-12-6-3-7-13-26,27-14-8-4-9-15-27)28-16-10-5-11-17-28;26-5-1(6(27)14(35)21(42)13(5)34)25(2-7(28)15(36)22(43)16(37)8(2)29,3-9(30)17(38)23(44)18(39)10(3)31)4-11(32)19(40)24(45)20(41)12(4)33/h3-21,23H,22H2,1-2H3;/q+1;-1. The van der Waals surface area contributed by atoms with E-state index >= 15 is 35.1 Å². The molecule has 400 valence electrons. The highest BCUT2D eigenvalue weighted by Gasteiger charge is 2.52. The van der Waals surface area contributed by atoms with E-state index in [-0.39, 0.29) is 12.1 Å². The molecule has 0 aliphatic heterocycles. The van der Waals surface area contributed by atoms with Gasteiger partial charge in [-0.1, -0.05) is 66.7 Å². The van der Waals surface area contributed by atoms with Crippen molar-refractivity contribution in [1.82, 2.24) is 0 Å². The largest absolute Gasteiger partial charge is 0.459 e. The SMILES string of the molecule is CC(C)OC(=O)c1ccc(C[P+](c2ccccc2)(c2ccccc2)c2ccccc2)cc1.Fc1c(F)c(F)c([B-](c2c(F)c(F)c(F)c(F)c2F)(c2c(F)c(F)c(F)c(F)c2F)c2c(F)c(F)c(F)c(F)c2F)c(F)c1F. The molecule has 0 saturated carbocycles. The number of carbonyl (C=O) groups excluding carboxylic acids is 1. The zero-order chi connectivity index (χ0) is 56.7. The van der Waals surface area contributed by atoms with Crippen molar-refractivity contribution in [2.75, 3.05) is 0 Å². The van der Waals surface area contributed by atoms with Crippen molar-refractivity contribution in [3.63, 3.8) is 0 Å². The van der Waals surface area contributed by atoms with Gasteiger partial charge in [-0.15, -0.1) is 21.9 Å². The maximum absolute atomic E-state index is 15.4. The van der Waals surface area contributed by atoms with Crippen LogP contribution in [0.2, 0.25) is 0 Å². The number of halogens is 20. The summed E-state index contributed by atoms with van der Waals surface area (Å²) in [7, 11) is -1.95. The summed E-state index contributed by atoms with van der Waals surface area (Å²) in [6, 6.07) is 40.4. The average molecular weight is 1120 g/mol. The summed E-state index contributed by atoms with van der Waals surface area (Å²) >= 11 is 0. The molecule has 0 heterocycles. The summed E-state index contributed by atoms with van der Waals surface area (Å²) in [4.78, 5) is 12.3. The van der Waals surface area contributed by atoms with Crippen LogP contribution in [0.4, 0.5) is 87.8 Å². The molecule has 8 aromatic carbocycles. The van der Waals surface area contributed by atoms with Gasteiger partial charge in [0.25, 0.3) is 0 Å². The molecule has 0 atom stereocenters. The number of carbonyl (C=O) groups is 1. The van der Waals surface area contributed by atoms with Crippen LogP contribution in [0.25, 0.3) is 0 Å². The zero-order valence-corrected chi connectivity index (χ0v) is 39.5. The van der Waals surface area contributed by atoms with Crippen molar-refractivity contribution in [2.24, 2.45) is 0 Å². The maximum atomic E-state index is 15.4. The van der Waals surface area contributed by atoms with E-state index in [0.717, 1.165) is 6.16 Å². The van der Waals surface area contributed by atoms with Crippen LogP contribution in [0.3, 0.4) is 0 Å². The van der Waals surface area contributed by atoms with E-state index in [2.05, 4.69) is 103 Å². The third kappa shape index (κ3) is 9.56. The van der Waals surface area contributed by atoms with Gasteiger partial charge in [-0.05, 0) is 67.9 Å². The van der Waals surface area contributed by atoms with Crippen LogP contribution >= 0.6 is 7.26 Å². The van der Waals surface area contributed by atoms with Crippen molar-refractivity contribution in [3.05, 3.63) is 243 Å². The van der Waals surface area contributed by atoms with Gasteiger partial charge in [0, 0.05) is 0 Å². The molecule has 0 N–H and O–H groups in total. The second-order valence-electron chi connectivity index (χ2n) is 16.9. The molecule has 0 aliphatic rings. The summed E-state index contributed by atoms with van der Waals surface area (Å²) < 4.78 is 299. The number of esters is 1. The molecule has 0 fully saturated rings. The quantitative estimate of drug-likeness (QED) is 0.0322. The van der Waals surface area contributed by atoms with Crippen molar-refractivity contribution in [3.8, 4) is 0 Å². The Labute approximate surface area is 422 Å². The highest BCUT2D eigenvalue weighted by Crippen LogP contribution is 2.58. The molecule has 8 aromatic rings. The van der Waals surface area contributed by atoms with Crippen LogP contribution in [-0.4, -0.2) is 18.2 Å². The molecule has 0 saturated heterocycles. The number of ether oxygens (including phenoxy) is 1. The molecule has 0 aliphatic carbocycles. The lowest BCUT2D eigenvalue weighted by molar-refractivity contribution is 0.0377. The van der Waals surface area contributed by atoms with E-state index in [1.54, 1.807) is 0 Å². The van der Waals surface area contributed by atoms with Gasteiger partial charge in [0.2, 0.25) is 0 Å². The average Bonchev–Trinajstić information content (AvgIpc) is 3.60. The van der Waals surface area contributed by atoms with Crippen molar-refractivity contribution >= 4 is 57.1 Å². The summed E-state index contributed by atoms with van der Waals surface area (Å²) in [6.45, 7) is 3.73. The Morgan fingerprint density at radius 3 is 0.792 bits per heavy atom. The van der Waals surface area contributed by atoms with Gasteiger partial charge in [0.1, 0.15) is 75.9 Å². The summed E-state index contributed by atoms with van der Waals surface area (Å²) in [6.07, 6.45) is -6.47. The topological polar surface area (TPSA) is 26.3 Å². The lowest BCUT2D eigenvalue weighted by Crippen LogP contribution is -2.81. The molecule has 77 heavy (non-hydrogen) atoms. The molecule has 0 amide bonds. The fourth-order valence-corrected chi connectivity index (χ4v) is 13.2. The Balaban J connectivity index is 0.000000236. The van der Waals surface area contributed by atoms with Crippen LogP contribution in [0.15, 0.2) is 115 Å². The number of hydrogen-bond donors (Lipinski definition) is 0. The number of rotatable bonds is 11. The monoisotopic (exact) mass is 1120 g/mol. The first-order valence-electron chi connectivity index (χ1n) is 21.9. The Bertz CT molecular complexity index is 3090. The Morgan fingerprint density at radius 1 is 0.351 bits per heavy atom. The minimum atomic E-state index is -7.22. The van der Waals surface area contributed by atoms with E-state index in [1.807, 2.05) is 26.0 Å². The Hall–Kier alpha value is -7.68. The third-order valence-corrected chi connectivity index (χ3v) is 16.6. The van der Waals surface area contributed by atoms with Crippen LogP contribution in [-0.2, 0) is 10.9 Å². The van der Waals surface area contributed by atoms with Crippen molar-refractivity contribution < 1.29 is 97.3 Å². The summed E-state index contributed by atoms with van der Waals surface area (Å²) in [5, 5.41) is 4.04. The first-order chi connectivity index (χ1) is 36.3. The summed E-state index contributed by atoms with van der Waals surface area (Å²) in [5.74, 6) is -71.7. The maximum Gasteiger partial charge on any atom is 0.338 e. The Kier molecular flexibility index (Phi) is 16.4. The fourth-order valence-electron chi connectivity index (χ4n) is 8.94. The second-order valence-corrected chi connectivity index (χ2v) is 20.4. The van der Waals surface area contributed by atoms with Gasteiger partial charge < -0.3 is 4.74 Å². The van der Waals surface area contributed by atoms with Gasteiger partial charge >= 0.3 is 5.97 Å². The summed E-state index contributed by atoms with van der Waals surface area (Å²) in [5.41, 5.74) is -12.5. The molecule has 2 nitrogen and oxygen atoms in total. The molecule has 0 unspecified atom stereocenters. The normalized spacial score (nSPS) is 11.7. The van der Waals surface area contributed by atoms with Gasteiger partial charge in [-0.25, -0.2) is 92.6 Å². The van der Waals surface area contributed by atoms with E-state index in [9.17, 15) is 57.5 Å².